The quantitative estimate of drug-likeness (QED) is 0.844. The number of sulfonamides is 1. The van der Waals surface area contributed by atoms with Crippen LogP contribution >= 0.6 is 0 Å². The Morgan fingerprint density at radius 1 is 1.08 bits per heavy atom. The summed E-state index contributed by atoms with van der Waals surface area (Å²) in [5.41, 5.74) is -0.136. The van der Waals surface area contributed by atoms with Gasteiger partial charge in [0, 0.05) is 0 Å². The molecular formula is C18H27NO4S. The lowest BCUT2D eigenvalue weighted by molar-refractivity contribution is -0.149. The molecule has 2 rings (SSSR count). The molecule has 0 aromatic heterocycles. The Kier molecular flexibility index (Phi) is 5.40. The molecule has 1 aromatic rings. The summed E-state index contributed by atoms with van der Waals surface area (Å²) in [6.07, 6.45) is 3.56. The van der Waals surface area contributed by atoms with Gasteiger partial charge in [-0.05, 0) is 36.0 Å². The molecule has 5 nitrogen and oxygen atoms in total. The fourth-order valence-corrected chi connectivity index (χ4v) is 4.56. The van der Waals surface area contributed by atoms with Crippen LogP contribution in [-0.4, -0.2) is 27.0 Å². The van der Waals surface area contributed by atoms with Crippen LogP contribution in [0.2, 0.25) is 0 Å². The number of carbonyl (C=O) groups is 1. The second-order valence-electron chi connectivity index (χ2n) is 7.51. The van der Waals surface area contributed by atoms with E-state index in [4.69, 9.17) is 4.74 Å². The second-order valence-corrected chi connectivity index (χ2v) is 9.20. The molecule has 0 heterocycles. The topological polar surface area (TPSA) is 72.5 Å². The predicted octanol–water partition coefficient (Wildman–Crippen LogP) is 3.14. The molecule has 0 atom stereocenters. The Labute approximate surface area is 144 Å². The average molecular weight is 353 g/mol. The maximum absolute atomic E-state index is 12.8. The first-order valence-corrected chi connectivity index (χ1v) is 9.82. The van der Waals surface area contributed by atoms with Crippen molar-refractivity contribution in [3.8, 4) is 0 Å². The lowest BCUT2D eigenvalue weighted by Gasteiger charge is -2.34. The van der Waals surface area contributed by atoms with Crippen LogP contribution in [0.3, 0.4) is 0 Å². The molecule has 0 bridgehead atoms. The molecule has 0 amide bonds. The minimum atomic E-state index is -3.79. The van der Waals surface area contributed by atoms with E-state index >= 15 is 0 Å². The van der Waals surface area contributed by atoms with Crippen molar-refractivity contribution in [2.75, 3.05) is 7.11 Å². The predicted molar refractivity (Wildman–Crippen MR) is 93.3 cm³/mol. The average Bonchev–Trinajstić information content (AvgIpc) is 2.54. The van der Waals surface area contributed by atoms with Gasteiger partial charge >= 0.3 is 5.97 Å². The lowest BCUT2D eigenvalue weighted by atomic mass is 9.83. The van der Waals surface area contributed by atoms with Crippen molar-refractivity contribution in [2.45, 2.75) is 68.7 Å². The first-order chi connectivity index (χ1) is 11.1. The van der Waals surface area contributed by atoms with E-state index in [0.29, 0.717) is 12.8 Å². The number of carbonyl (C=O) groups excluding carboxylic acids is 1. The van der Waals surface area contributed by atoms with Crippen molar-refractivity contribution < 1.29 is 17.9 Å². The molecule has 0 radical (unpaired) electrons. The van der Waals surface area contributed by atoms with Crippen molar-refractivity contribution in [2.24, 2.45) is 0 Å². The molecule has 1 N–H and O–H groups in total. The molecule has 0 aliphatic heterocycles. The van der Waals surface area contributed by atoms with Gasteiger partial charge < -0.3 is 4.74 Å². The van der Waals surface area contributed by atoms with Crippen LogP contribution in [0.5, 0.6) is 0 Å². The van der Waals surface area contributed by atoms with Gasteiger partial charge in [0.1, 0.15) is 5.54 Å². The number of methoxy groups -OCH3 is 1. The third-order valence-corrected chi connectivity index (χ3v) is 6.20. The maximum atomic E-state index is 12.8. The number of benzene rings is 1. The zero-order valence-corrected chi connectivity index (χ0v) is 15.7. The highest BCUT2D eigenvalue weighted by Crippen LogP contribution is 2.31. The number of ether oxygens (including phenoxy) is 1. The van der Waals surface area contributed by atoms with E-state index in [2.05, 4.69) is 25.5 Å². The van der Waals surface area contributed by atoms with Gasteiger partial charge in [0.25, 0.3) is 0 Å². The van der Waals surface area contributed by atoms with E-state index in [1.165, 1.54) is 7.11 Å². The molecule has 0 saturated heterocycles. The Balaban J connectivity index is 2.30. The largest absolute Gasteiger partial charge is 0.468 e. The van der Waals surface area contributed by atoms with Crippen LogP contribution in [0.15, 0.2) is 29.2 Å². The van der Waals surface area contributed by atoms with Gasteiger partial charge in [0.2, 0.25) is 10.0 Å². The fourth-order valence-electron chi connectivity index (χ4n) is 3.15. The van der Waals surface area contributed by atoms with Crippen molar-refractivity contribution in [1.29, 1.82) is 0 Å². The molecule has 1 fully saturated rings. The van der Waals surface area contributed by atoms with Gasteiger partial charge in [-0.2, -0.15) is 4.72 Å². The van der Waals surface area contributed by atoms with Crippen molar-refractivity contribution in [3.63, 3.8) is 0 Å². The number of nitrogens with one attached hydrogen (secondary N) is 1. The highest BCUT2D eigenvalue weighted by Gasteiger charge is 2.44. The summed E-state index contributed by atoms with van der Waals surface area (Å²) in [6.45, 7) is 6.22. The third-order valence-electron chi connectivity index (χ3n) is 4.64. The standard InChI is InChI=1S/C18H27NO4S/c1-17(2,3)14-8-10-15(11-9-14)24(21,22)19-18(16(20)23-4)12-6-5-7-13-18/h8-11,19H,5-7,12-13H2,1-4H3. The van der Waals surface area contributed by atoms with E-state index in [1.807, 2.05) is 12.1 Å². The molecule has 0 unspecified atom stereocenters. The Hall–Kier alpha value is -1.40. The Bertz CT molecular complexity index is 681. The van der Waals surface area contributed by atoms with E-state index < -0.39 is 21.5 Å². The summed E-state index contributed by atoms with van der Waals surface area (Å²) in [6, 6.07) is 6.83. The zero-order valence-electron chi connectivity index (χ0n) is 14.9. The first-order valence-electron chi connectivity index (χ1n) is 8.34. The van der Waals surface area contributed by atoms with Gasteiger partial charge in [0.15, 0.2) is 0 Å². The molecule has 24 heavy (non-hydrogen) atoms. The van der Waals surface area contributed by atoms with Crippen molar-refractivity contribution in [1.82, 2.24) is 4.72 Å². The van der Waals surface area contributed by atoms with Crippen molar-refractivity contribution in [3.05, 3.63) is 29.8 Å². The molecule has 134 valence electrons. The lowest BCUT2D eigenvalue weighted by Crippen LogP contribution is -2.55. The third kappa shape index (κ3) is 3.98. The fraction of sp³-hybridized carbons (Fsp3) is 0.611. The van der Waals surface area contributed by atoms with E-state index in [1.54, 1.807) is 12.1 Å². The summed E-state index contributed by atoms with van der Waals surface area (Å²) >= 11 is 0. The molecule has 1 aromatic carbocycles. The summed E-state index contributed by atoms with van der Waals surface area (Å²) in [7, 11) is -2.49. The molecule has 1 saturated carbocycles. The van der Waals surface area contributed by atoms with Gasteiger partial charge in [-0.25, -0.2) is 8.42 Å². The second kappa shape index (κ2) is 6.84. The van der Waals surface area contributed by atoms with E-state index in [9.17, 15) is 13.2 Å². The van der Waals surface area contributed by atoms with Crippen LogP contribution in [0.25, 0.3) is 0 Å². The minimum Gasteiger partial charge on any atom is -0.468 e. The maximum Gasteiger partial charge on any atom is 0.327 e. The number of hydrogen-bond donors (Lipinski definition) is 1. The SMILES string of the molecule is COC(=O)C1(NS(=O)(=O)c2ccc(C(C)(C)C)cc2)CCCCC1. The highest BCUT2D eigenvalue weighted by molar-refractivity contribution is 7.89. The van der Waals surface area contributed by atoms with Crippen LogP contribution in [0.4, 0.5) is 0 Å². The summed E-state index contributed by atoms with van der Waals surface area (Å²) in [4.78, 5) is 12.4. The van der Waals surface area contributed by atoms with E-state index in [-0.39, 0.29) is 10.3 Å². The van der Waals surface area contributed by atoms with Crippen LogP contribution < -0.4 is 4.72 Å². The summed E-state index contributed by atoms with van der Waals surface area (Å²) in [5.74, 6) is -0.503. The van der Waals surface area contributed by atoms with Crippen LogP contribution in [0, 0.1) is 0 Å². The Morgan fingerprint density at radius 2 is 1.62 bits per heavy atom. The molecule has 0 spiro atoms. The molecule has 1 aliphatic carbocycles. The molecule has 6 heteroatoms. The van der Waals surface area contributed by atoms with Gasteiger partial charge in [0.05, 0.1) is 12.0 Å². The van der Waals surface area contributed by atoms with Gasteiger partial charge in [-0.3, -0.25) is 4.79 Å². The van der Waals surface area contributed by atoms with Crippen molar-refractivity contribution >= 4 is 16.0 Å². The molecule has 1 aliphatic rings. The van der Waals surface area contributed by atoms with E-state index in [0.717, 1.165) is 24.8 Å². The highest BCUT2D eigenvalue weighted by atomic mass is 32.2. The minimum absolute atomic E-state index is 0.0493. The normalized spacial score (nSPS) is 18.2. The smallest absolute Gasteiger partial charge is 0.327 e. The van der Waals surface area contributed by atoms with Crippen LogP contribution in [0.1, 0.15) is 58.4 Å². The monoisotopic (exact) mass is 353 g/mol. The van der Waals surface area contributed by atoms with Crippen LogP contribution in [-0.2, 0) is 25.0 Å². The van der Waals surface area contributed by atoms with Gasteiger partial charge in [-0.15, -0.1) is 0 Å². The summed E-state index contributed by atoms with van der Waals surface area (Å²) < 4.78 is 33.0. The summed E-state index contributed by atoms with van der Waals surface area (Å²) in [5, 5.41) is 0. The zero-order chi connectivity index (χ0) is 18.0. The molecular weight excluding hydrogens is 326 g/mol. The Morgan fingerprint density at radius 3 is 2.08 bits per heavy atom. The van der Waals surface area contributed by atoms with Gasteiger partial charge in [-0.1, -0.05) is 52.2 Å². The number of rotatable bonds is 4. The number of esters is 1. The number of hydrogen-bond acceptors (Lipinski definition) is 4. The first kappa shape index (κ1) is 18.9.